The summed E-state index contributed by atoms with van der Waals surface area (Å²) in [4.78, 5) is 2.45. The molecule has 3 rings (SSSR count). The minimum absolute atomic E-state index is 0. The summed E-state index contributed by atoms with van der Waals surface area (Å²) >= 11 is 0. The second-order valence-corrected chi connectivity index (χ2v) is 5.77. The van der Waals surface area contributed by atoms with Gasteiger partial charge in [-0.2, -0.15) is 0 Å². The van der Waals surface area contributed by atoms with Gasteiger partial charge in [-0.25, -0.2) is 4.68 Å². The number of rotatable bonds is 4. The maximum absolute atomic E-state index is 6.02. The highest BCUT2D eigenvalue weighted by molar-refractivity contribution is 5.85. The molecule has 0 spiro atoms. The summed E-state index contributed by atoms with van der Waals surface area (Å²) in [6.07, 6.45) is 4.93. The Morgan fingerprint density at radius 2 is 2.16 bits per heavy atom. The first kappa shape index (κ1) is 14.7. The number of hydrogen-bond acceptors (Lipinski definition) is 5. The number of halogens is 1. The molecule has 0 bridgehead atoms. The third kappa shape index (κ3) is 3.43. The smallest absolute Gasteiger partial charge is 0.165 e. The van der Waals surface area contributed by atoms with Gasteiger partial charge in [-0.15, -0.1) is 17.5 Å². The first-order valence-corrected chi connectivity index (χ1v) is 6.98. The van der Waals surface area contributed by atoms with E-state index in [1.165, 1.54) is 25.7 Å². The van der Waals surface area contributed by atoms with Gasteiger partial charge in [-0.3, -0.25) is 4.90 Å². The number of likely N-dealkylation sites (tertiary alicyclic amines) is 1. The lowest BCUT2D eigenvalue weighted by atomic mass is 9.92. The maximum Gasteiger partial charge on any atom is 0.165 e. The van der Waals surface area contributed by atoms with Crippen LogP contribution in [-0.2, 0) is 6.54 Å². The quantitative estimate of drug-likeness (QED) is 0.893. The van der Waals surface area contributed by atoms with Crippen LogP contribution in [0.2, 0.25) is 0 Å². The first-order chi connectivity index (χ1) is 8.74. The van der Waals surface area contributed by atoms with E-state index in [4.69, 9.17) is 5.73 Å². The Morgan fingerprint density at radius 1 is 1.37 bits per heavy atom. The molecule has 1 aliphatic heterocycles. The van der Waals surface area contributed by atoms with E-state index < -0.39 is 0 Å². The van der Waals surface area contributed by atoms with Gasteiger partial charge < -0.3 is 5.73 Å². The van der Waals surface area contributed by atoms with Gasteiger partial charge in [-0.1, -0.05) is 0 Å². The van der Waals surface area contributed by atoms with Crippen LogP contribution in [0.3, 0.4) is 0 Å². The van der Waals surface area contributed by atoms with E-state index in [1.807, 2.05) is 4.68 Å². The number of tetrazole rings is 1. The molecule has 1 aliphatic carbocycles. The minimum Gasteiger partial charge on any atom is -0.328 e. The van der Waals surface area contributed by atoms with Crippen molar-refractivity contribution in [3.05, 3.63) is 5.82 Å². The van der Waals surface area contributed by atoms with Gasteiger partial charge in [0.05, 0.1) is 12.6 Å². The third-order valence-corrected chi connectivity index (χ3v) is 4.10. The maximum atomic E-state index is 6.02. The Bertz CT molecular complexity index is 403. The Kier molecular flexibility index (Phi) is 4.76. The van der Waals surface area contributed by atoms with Crippen LogP contribution in [0.15, 0.2) is 0 Å². The number of aromatic nitrogens is 4. The molecule has 2 aliphatic rings. The van der Waals surface area contributed by atoms with Crippen LogP contribution in [0, 0.1) is 5.92 Å². The van der Waals surface area contributed by atoms with Crippen molar-refractivity contribution in [2.75, 3.05) is 13.1 Å². The van der Waals surface area contributed by atoms with Gasteiger partial charge in [0.15, 0.2) is 5.82 Å². The summed E-state index contributed by atoms with van der Waals surface area (Å²) in [5.74, 6) is 1.63. The molecule has 1 aromatic rings. The van der Waals surface area contributed by atoms with Gasteiger partial charge in [0.1, 0.15) is 0 Å². The third-order valence-electron chi connectivity index (χ3n) is 4.10. The minimum atomic E-state index is 0. The summed E-state index contributed by atoms with van der Waals surface area (Å²) < 4.78 is 2.01. The average Bonchev–Trinajstić information content (AvgIpc) is 3.11. The van der Waals surface area contributed by atoms with Gasteiger partial charge in [0.2, 0.25) is 0 Å². The molecule has 2 unspecified atom stereocenters. The van der Waals surface area contributed by atoms with E-state index in [1.54, 1.807) is 0 Å². The van der Waals surface area contributed by atoms with Crippen molar-refractivity contribution in [3.63, 3.8) is 0 Å². The van der Waals surface area contributed by atoms with Gasteiger partial charge in [0.25, 0.3) is 0 Å². The van der Waals surface area contributed by atoms with Crippen LogP contribution in [0.25, 0.3) is 0 Å². The summed E-state index contributed by atoms with van der Waals surface area (Å²) in [5.41, 5.74) is 6.02. The molecule has 7 heteroatoms. The fourth-order valence-corrected chi connectivity index (χ4v) is 2.78. The average molecular weight is 287 g/mol. The Labute approximate surface area is 120 Å². The lowest BCUT2D eigenvalue weighted by Gasteiger charge is -2.34. The van der Waals surface area contributed by atoms with Crippen LogP contribution in [0.1, 0.15) is 44.5 Å². The zero-order valence-electron chi connectivity index (χ0n) is 11.4. The highest BCUT2D eigenvalue weighted by Gasteiger charge is 2.29. The number of nitrogens with zero attached hydrogens (tertiary/aromatic N) is 5. The van der Waals surface area contributed by atoms with Crippen molar-refractivity contribution in [2.24, 2.45) is 11.7 Å². The lowest BCUT2D eigenvalue weighted by molar-refractivity contribution is 0.149. The van der Waals surface area contributed by atoms with Gasteiger partial charge in [-0.05, 0) is 55.5 Å². The van der Waals surface area contributed by atoms with Crippen LogP contribution >= 0.6 is 12.4 Å². The van der Waals surface area contributed by atoms with Crippen LogP contribution in [0.5, 0.6) is 0 Å². The summed E-state index contributed by atoms with van der Waals surface area (Å²) in [6, 6.07) is 0.844. The summed E-state index contributed by atoms with van der Waals surface area (Å²) in [7, 11) is 0. The van der Waals surface area contributed by atoms with Gasteiger partial charge >= 0.3 is 0 Å². The number of hydrogen-bond donors (Lipinski definition) is 1. The highest BCUT2D eigenvalue weighted by Crippen LogP contribution is 2.34. The fourth-order valence-electron chi connectivity index (χ4n) is 2.78. The fraction of sp³-hybridized carbons (Fsp3) is 0.917. The Hall–Kier alpha value is -0.720. The lowest BCUT2D eigenvalue weighted by Crippen LogP contribution is -2.42. The molecule has 2 heterocycles. The Morgan fingerprint density at radius 3 is 2.84 bits per heavy atom. The molecule has 0 amide bonds. The standard InChI is InChI=1S/C12H22N6.ClH/c1-9(13)10-3-2-6-17(7-10)8-12-14-15-16-18(12)11-4-5-11;/h9-11H,2-8,13H2,1H3;1H. The molecular formula is C12H23ClN6. The molecule has 1 saturated heterocycles. The molecule has 0 radical (unpaired) electrons. The Balaban J connectivity index is 0.00000133. The van der Waals surface area contributed by atoms with Crippen molar-refractivity contribution < 1.29 is 0 Å². The topological polar surface area (TPSA) is 72.9 Å². The monoisotopic (exact) mass is 286 g/mol. The zero-order chi connectivity index (χ0) is 12.5. The van der Waals surface area contributed by atoms with Crippen molar-refractivity contribution in [1.82, 2.24) is 25.1 Å². The number of nitrogens with two attached hydrogens (primary N) is 1. The second-order valence-electron chi connectivity index (χ2n) is 5.77. The predicted molar refractivity (Wildman–Crippen MR) is 75.0 cm³/mol. The van der Waals surface area contributed by atoms with E-state index in [0.29, 0.717) is 12.0 Å². The summed E-state index contributed by atoms with van der Waals surface area (Å²) in [5, 5.41) is 12.1. The largest absolute Gasteiger partial charge is 0.328 e. The van der Waals surface area contributed by atoms with Crippen molar-refractivity contribution in [1.29, 1.82) is 0 Å². The van der Waals surface area contributed by atoms with Crippen molar-refractivity contribution in [3.8, 4) is 0 Å². The normalized spacial score (nSPS) is 25.9. The van der Waals surface area contributed by atoms with E-state index in [-0.39, 0.29) is 18.4 Å². The molecule has 0 aromatic carbocycles. The SMILES string of the molecule is CC(N)C1CCCN(Cc2nnnn2C2CC2)C1.Cl. The highest BCUT2D eigenvalue weighted by atomic mass is 35.5. The van der Waals surface area contributed by atoms with Crippen LogP contribution in [-0.4, -0.2) is 44.2 Å². The molecule has 1 saturated carbocycles. The molecule has 1 aromatic heterocycles. The molecule has 2 atom stereocenters. The first-order valence-electron chi connectivity index (χ1n) is 6.98. The molecule has 108 valence electrons. The van der Waals surface area contributed by atoms with Gasteiger partial charge in [0, 0.05) is 12.6 Å². The van der Waals surface area contributed by atoms with E-state index in [2.05, 4.69) is 27.3 Å². The second kappa shape index (κ2) is 6.15. The van der Waals surface area contributed by atoms with E-state index in [0.717, 1.165) is 25.5 Å². The van der Waals surface area contributed by atoms with E-state index in [9.17, 15) is 0 Å². The van der Waals surface area contributed by atoms with E-state index >= 15 is 0 Å². The van der Waals surface area contributed by atoms with Crippen LogP contribution in [0.4, 0.5) is 0 Å². The molecular weight excluding hydrogens is 264 g/mol. The molecule has 6 nitrogen and oxygen atoms in total. The number of piperidine rings is 1. The van der Waals surface area contributed by atoms with Crippen molar-refractivity contribution in [2.45, 2.75) is 51.2 Å². The van der Waals surface area contributed by atoms with Crippen molar-refractivity contribution >= 4 is 12.4 Å². The molecule has 2 N–H and O–H groups in total. The predicted octanol–water partition coefficient (Wildman–Crippen LogP) is 0.989. The van der Waals surface area contributed by atoms with Crippen LogP contribution < -0.4 is 5.73 Å². The zero-order valence-corrected chi connectivity index (χ0v) is 12.2. The molecule has 19 heavy (non-hydrogen) atoms. The molecule has 2 fully saturated rings. The summed E-state index contributed by atoms with van der Waals surface area (Å²) in [6.45, 7) is 5.20.